The monoisotopic (exact) mass is 337 g/mol. The van der Waals surface area contributed by atoms with E-state index in [-0.39, 0.29) is 17.9 Å². The van der Waals surface area contributed by atoms with Crippen LogP contribution in [0.1, 0.15) is 18.4 Å². The summed E-state index contributed by atoms with van der Waals surface area (Å²) in [7, 11) is 0. The molecular weight excluding hydrogens is 318 g/mol. The van der Waals surface area contributed by atoms with Gasteiger partial charge >= 0.3 is 0 Å². The summed E-state index contributed by atoms with van der Waals surface area (Å²) in [6.45, 7) is 0.395. The van der Waals surface area contributed by atoms with Gasteiger partial charge in [-0.2, -0.15) is 0 Å². The minimum absolute atomic E-state index is 0.244. The number of carbonyl (C=O) groups is 2. The first-order valence-corrected chi connectivity index (χ1v) is 8.10. The van der Waals surface area contributed by atoms with Crippen molar-refractivity contribution in [3.8, 4) is 5.75 Å². The number of benzene rings is 1. The summed E-state index contributed by atoms with van der Waals surface area (Å²) in [6, 6.07) is 11.1. The number of hydrogen-bond donors (Lipinski definition) is 2. The van der Waals surface area contributed by atoms with Crippen LogP contribution in [0.4, 0.5) is 5.69 Å². The van der Waals surface area contributed by atoms with Crippen molar-refractivity contribution in [2.75, 3.05) is 5.32 Å². The van der Waals surface area contributed by atoms with Crippen LogP contribution >= 0.6 is 0 Å². The third kappa shape index (κ3) is 5.76. The largest absolute Gasteiger partial charge is 0.489 e. The molecule has 2 N–H and O–H groups in total. The second-order valence-corrected chi connectivity index (χ2v) is 5.78. The first-order valence-electron chi connectivity index (χ1n) is 8.10. The molecule has 1 aromatic carbocycles. The Morgan fingerprint density at radius 2 is 2.00 bits per heavy atom. The smallest absolute Gasteiger partial charge is 0.248 e. The quantitative estimate of drug-likeness (QED) is 0.761. The van der Waals surface area contributed by atoms with Crippen molar-refractivity contribution in [1.29, 1.82) is 0 Å². The molecule has 0 spiro atoms. The molecule has 1 aliphatic rings. The average molecular weight is 337 g/mol. The Kier molecular flexibility index (Phi) is 5.41. The Morgan fingerprint density at radius 3 is 2.76 bits per heavy atom. The second-order valence-electron chi connectivity index (χ2n) is 5.78. The van der Waals surface area contributed by atoms with Crippen molar-refractivity contribution in [1.82, 2.24) is 10.3 Å². The maximum Gasteiger partial charge on any atom is 0.248 e. The van der Waals surface area contributed by atoms with Crippen molar-refractivity contribution in [2.24, 2.45) is 0 Å². The number of rotatable bonds is 7. The zero-order chi connectivity index (χ0) is 17.5. The minimum atomic E-state index is -0.365. The Hall–Kier alpha value is -3.15. The van der Waals surface area contributed by atoms with E-state index in [0.29, 0.717) is 18.0 Å². The molecule has 1 aromatic heterocycles. The Balaban J connectivity index is 1.51. The number of amides is 2. The molecule has 6 heteroatoms. The molecule has 3 rings (SSSR count). The van der Waals surface area contributed by atoms with E-state index >= 15 is 0 Å². The van der Waals surface area contributed by atoms with Gasteiger partial charge in [0.05, 0.1) is 0 Å². The van der Waals surface area contributed by atoms with Gasteiger partial charge in [-0.3, -0.25) is 14.6 Å². The molecule has 1 saturated carbocycles. The van der Waals surface area contributed by atoms with E-state index in [4.69, 9.17) is 4.74 Å². The fraction of sp³-hybridized carbons (Fsp3) is 0.211. The second kappa shape index (κ2) is 8.10. The summed E-state index contributed by atoms with van der Waals surface area (Å²) >= 11 is 0. The minimum Gasteiger partial charge on any atom is -0.489 e. The number of carbonyl (C=O) groups excluding carboxylic acids is 2. The van der Waals surface area contributed by atoms with Gasteiger partial charge in [-0.15, -0.1) is 0 Å². The molecule has 0 unspecified atom stereocenters. The number of nitrogens with one attached hydrogen (secondary N) is 2. The fourth-order valence-electron chi connectivity index (χ4n) is 2.13. The molecule has 2 amide bonds. The molecule has 6 nitrogen and oxygen atoms in total. The van der Waals surface area contributed by atoms with Crippen LogP contribution in [0.3, 0.4) is 0 Å². The molecule has 0 bridgehead atoms. The summed E-state index contributed by atoms with van der Waals surface area (Å²) < 4.78 is 5.69. The third-order valence-corrected chi connectivity index (χ3v) is 3.54. The lowest BCUT2D eigenvalue weighted by molar-refractivity contribution is -0.117. The lowest BCUT2D eigenvalue weighted by atomic mass is 10.3. The zero-order valence-electron chi connectivity index (χ0n) is 13.6. The maximum atomic E-state index is 11.9. The molecule has 0 radical (unpaired) electrons. The third-order valence-electron chi connectivity index (χ3n) is 3.54. The van der Waals surface area contributed by atoms with Crippen LogP contribution in [0.15, 0.2) is 60.9 Å². The van der Waals surface area contributed by atoms with E-state index in [2.05, 4.69) is 15.6 Å². The van der Waals surface area contributed by atoms with E-state index in [9.17, 15) is 9.59 Å². The molecule has 0 saturated heterocycles. The van der Waals surface area contributed by atoms with Gasteiger partial charge in [-0.25, -0.2) is 0 Å². The van der Waals surface area contributed by atoms with Crippen LogP contribution in [-0.2, 0) is 16.2 Å². The summed E-state index contributed by atoms with van der Waals surface area (Å²) in [5.74, 6) is 0.0265. The molecule has 25 heavy (non-hydrogen) atoms. The molecule has 0 aliphatic heterocycles. The van der Waals surface area contributed by atoms with Crippen LogP contribution in [0.25, 0.3) is 0 Å². The summed E-state index contributed by atoms with van der Waals surface area (Å²) in [5.41, 5.74) is 1.56. The van der Waals surface area contributed by atoms with E-state index in [1.807, 2.05) is 18.2 Å². The van der Waals surface area contributed by atoms with Crippen molar-refractivity contribution in [2.45, 2.75) is 25.5 Å². The molecule has 1 fully saturated rings. The maximum absolute atomic E-state index is 11.9. The van der Waals surface area contributed by atoms with Crippen LogP contribution in [-0.4, -0.2) is 22.8 Å². The average Bonchev–Trinajstić information content (AvgIpc) is 3.43. The molecule has 1 heterocycles. The van der Waals surface area contributed by atoms with Crippen LogP contribution in [0.5, 0.6) is 5.75 Å². The highest BCUT2D eigenvalue weighted by atomic mass is 16.5. The highest BCUT2D eigenvalue weighted by molar-refractivity contribution is 6.03. The number of aromatic nitrogens is 1. The van der Waals surface area contributed by atoms with Gasteiger partial charge in [0.1, 0.15) is 12.4 Å². The van der Waals surface area contributed by atoms with E-state index < -0.39 is 0 Å². The van der Waals surface area contributed by atoms with Gasteiger partial charge in [0.2, 0.25) is 11.8 Å². The summed E-state index contributed by atoms with van der Waals surface area (Å²) in [6.07, 6.45) is 7.94. The van der Waals surface area contributed by atoms with Crippen LogP contribution < -0.4 is 15.4 Å². The van der Waals surface area contributed by atoms with E-state index in [0.717, 1.165) is 18.4 Å². The van der Waals surface area contributed by atoms with Crippen LogP contribution in [0.2, 0.25) is 0 Å². The van der Waals surface area contributed by atoms with Gasteiger partial charge in [0.25, 0.3) is 0 Å². The first-order chi connectivity index (χ1) is 12.2. The standard InChI is InChI=1S/C19H19N3O3/c23-18(21-15-6-7-15)8-9-19(24)22-16-4-1-5-17(11-16)25-13-14-3-2-10-20-12-14/h1-5,8-12,15H,6-7,13H2,(H,21,23)(H,22,24). The van der Waals surface area contributed by atoms with Crippen molar-refractivity contribution < 1.29 is 14.3 Å². The normalized spacial score (nSPS) is 13.4. The summed E-state index contributed by atoms with van der Waals surface area (Å²) in [5, 5.41) is 5.49. The van der Waals surface area contributed by atoms with E-state index in [1.165, 1.54) is 12.2 Å². The number of anilines is 1. The first kappa shape index (κ1) is 16.7. The van der Waals surface area contributed by atoms with Gasteiger partial charge < -0.3 is 15.4 Å². The SMILES string of the molecule is O=C(C=CC(=O)NC1CC1)Nc1cccc(OCc2cccnc2)c1. The topological polar surface area (TPSA) is 80.3 Å². The van der Waals surface area contributed by atoms with Gasteiger partial charge in [-0.05, 0) is 31.0 Å². The molecule has 2 aromatic rings. The molecule has 1 aliphatic carbocycles. The van der Waals surface area contributed by atoms with Crippen molar-refractivity contribution >= 4 is 17.5 Å². The summed E-state index contributed by atoms with van der Waals surface area (Å²) in [4.78, 5) is 27.4. The van der Waals surface area contributed by atoms with Crippen molar-refractivity contribution in [3.05, 3.63) is 66.5 Å². The predicted octanol–water partition coefficient (Wildman–Crippen LogP) is 2.43. The molecule has 128 valence electrons. The Labute approximate surface area is 145 Å². The number of ether oxygens (including phenoxy) is 1. The zero-order valence-corrected chi connectivity index (χ0v) is 13.6. The predicted molar refractivity (Wildman–Crippen MR) is 93.9 cm³/mol. The molecular formula is C19H19N3O3. The number of hydrogen-bond acceptors (Lipinski definition) is 4. The highest BCUT2D eigenvalue weighted by Gasteiger charge is 2.22. The lowest BCUT2D eigenvalue weighted by Gasteiger charge is -2.08. The van der Waals surface area contributed by atoms with Crippen LogP contribution in [0, 0.1) is 0 Å². The van der Waals surface area contributed by atoms with Crippen molar-refractivity contribution in [3.63, 3.8) is 0 Å². The van der Waals surface area contributed by atoms with E-state index in [1.54, 1.807) is 30.6 Å². The van der Waals surface area contributed by atoms with Gasteiger partial charge in [0, 0.05) is 47.9 Å². The Morgan fingerprint density at radius 1 is 1.16 bits per heavy atom. The highest BCUT2D eigenvalue weighted by Crippen LogP contribution is 2.19. The fourth-order valence-corrected chi connectivity index (χ4v) is 2.13. The Bertz CT molecular complexity index is 770. The number of nitrogens with zero attached hydrogens (tertiary/aromatic N) is 1. The van der Waals surface area contributed by atoms with Gasteiger partial charge in [0.15, 0.2) is 0 Å². The number of pyridine rings is 1. The van der Waals surface area contributed by atoms with Gasteiger partial charge in [-0.1, -0.05) is 12.1 Å². The lowest BCUT2D eigenvalue weighted by Crippen LogP contribution is -2.23. The molecule has 0 atom stereocenters.